The highest BCUT2D eigenvalue weighted by molar-refractivity contribution is 6.28. The van der Waals surface area contributed by atoms with Gasteiger partial charge in [0, 0.05) is 49.7 Å². The standard InChI is InChI=1S/C29H54ClN7/c1-11-25(3,4)19-31-22-13-15-37(27(7,8)17-22)29(34-20-26(5,6)12-2)14-16-36(28(9,10)18-29)24-33-21-32-23(30)35-24/h21-22,31,34H,11-20H2,1-10H3. The summed E-state index contributed by atoms with van der Waals surface area (Å²) >= 11 is 6.15. The van der Waals surface area contributed by atoms with E-state index in [2.05, 4.69) is 105 Å². The van der Waals surface area contributed by atoms with Crippen molar-refractivity contribution in [3.63, 3.8) is 0 Å². The Morgan fingerprint density at radius 2 is 1.62 bits per heavy atom. The minimum Gasteiger partial charge on any atom is -0.335 e. The Kier molecular flexibility index (Phi) is 9.26. The first-order valence-corrected chi connectivity index (χ1v) is 14.8. The van der Waals surface area contributed by atoms with Crippen molar-refractivity contribution >= 4 is 17.5 Å². The summed E-state index contributed by atoms with van der Waals surface area (Å²) in [6.07, 6.45) is 8.18. The van der Waals surface area contributed by atoms with E-state index in [1.54, 1.807) is 0 Å². The Morgan fingerprint density at radius 1 is 0.973 bits per heavy atom. The van der Waals surface area contributed by atoms with E-state index < -0.39 is 0 Å². The predicted molar refractivity (Wildman–Crippen MR) is 156 cm³/mol. The normalized spacial score (nSPS) is 26.9. The molecule has 0 aliphatic carbocycles. The van der Waals surface area contributed by atoms with E-state index in [1.807, 2.05) is 0 Å². The van der Waals surface area contributed by atoms with Gasteiger partial charge in [-0.3, -0.25) is 10.2 Å². The summed E-state index contributed by atoms with van der Waals surface area (Å²) in [5.41, 5.74) is 0.406. The van der Waals surface area contributed by atoms with Crippen LogP contribution < -0.4 is 15.5 Å². The zero-order chi connectivity index (χ0) is 27.7. The number of halogens is 1. The van der Waals surface area contributed by atoms with Crippen molar-refractivity contribution < 1.29 is 0 Å². The smallest absolute Gasteiger partial charge is 0.230 e. The van der Waals surface area contributed by atoms with E-state index in [1.165, 1.54) is 19.2 Å². The fourth-order valence-electron chi connectivity index (χ4n) is 6.19. The molecule has 2 atom stereocenters. The van der Waals surface area contributed by atoms with Gasteiger partial charge in [-0.1, -0.05) is 41.5 Å². The van der Waals surface area contributed by atoms with Crippen molar-refractivity contribution in [3.8, 4) is 0 Å². The number of nitrogens with zero attached hydrogens (tertiary/aromatic N) is 5. The molecule has 0 radical (unpaired) electrons. The van der Waals surface area contributed by atoms with Crippen molar-refractivity contribution in [1.29, 1.82) is 0 Å². The zero-order valence-corrected chi connectivity index (χ0v) is 26.1. The molecule has 2 saturated heterocycles. The molecule has 2 fully saturated rings. The number of likely N-dealkylation sites (tertiary alicyclic amines) is 1. The topological polar surface area (TPSA) is 69.2 Å². The molecule has 3 rings (SSSR count). The molecule has 0 bridgehead atoms. The Labute approximate surface area is 231 Å². The lowest BCUT2D eigenvalue weighted by Crippen LogP contribution is -2.74. The molecule has 1 aromatic heterocycles. The molecule has 0 amide bonds. The van der Waals surface area contributed by atoms with E-state index in [9.17, 15) is 0 Å². The summed E-state index contributed by atoms with van der Waals surface area (Å²) in [7, 11) is 0. The van der Waals surface area contributed by atoms with Crippen LogP contribution >= 0.6 is 11.6 Å². The average molecular weight is 536 g/mol. The Balaban J connectivity index is 1.86. The van der Waals surface area contributed by atoms with Crippen molar-refractivity contribution in [3.05, 3.63) is 11.6 Å². The molecule has 7 nitrogen and oxygen atoms in total. The molecule has 2 aliphatic rings. The van der Waals surface area contributed by atoms with Crippen LogP contribution in [-0.2, 0) is 0 Å². The van der Waals surface area contributed by atoms with Gasteiger partial charge < -0.3 is 10.2 Å². The van der Waals surface area contributed by atoms with Crippen LogP contribution in [0, 0.1) is 10.8 Å². The Morgan fingerprint density at radius 3 is 2.19 bits per heavy atom. The maximum atomic E-state index is 6.15. The first-order chi connectivity index (χ1) is 17.0. The summed E-state index contributed by atoms with van der Waals surface area (Å²) in [5.74, 6) is 0.674. The molecule has 8 heteroatoms. The van der Waals surface area contributed by atoms with E-state index in [0.29, 0.717) is 17.4 Å². The SMILES string of the molecule is CCC(C)(C)CNC1CCN(C2(NCC(C)(C)CC)CCN(c3ncnc(Cl)n3)C(C)(C)C2)C(C)(C)C1. The zero-order valence-electron chi connectivity index (χ0n) is 25.3. The number of anilines is 1. The van der Waals surface area contributed by atoms with Gasteiger partial charge in [0.05, 0.1) is 5.66 Å². The number of rotatable bonds is 10. The Hall–Kier alpha value is -1.02. The highest BCUT2D eigenvalue weighted by Gasteiger charge is 2.53. The molecule has 0 aromatic carbocycles. The molecular weight excluding hydrogens is 482 g/mol. The van der Waals surface area contributed by atoms with Gasteiger partial charge in [-0.05, 0) is 82.2 Å². The van der Waals surface area contributed by atoms with Crippen LogP contribution in [-0.4, -0.2) is 68.8 Å². The van der Waals surface area contributed by atoms with Gasteiger partial charge in [0.2, 0.25) is 11.2 Å². The van der Waals surface area contributed by atoms with Crippen molar-refractivity contribution in [2.75, 3.05) is 31.1 Å². The van der Waals surface area contributed by atoms with Gasteiger partial charge in [0.1, 0.15) is 6.33 Å². The molecule has 0 spiro atoms. The average Bonchev–Trinajstić information content (AvgIpc) is 2.80. The number of aromatic nitrogens is 3. The second-order valence-electron chi connectivity index (χ2n) is 14.4. The van der Waals surface area contributed by atoms with Gasteiger partial charge in [-0.15, -0.1) is 0 Å². The van der Waals surface area contributed by atoms with Crippen LogP contribution in [0.4, 0.5) is 5.95 Å². The summed E-state index contributed by atoms with van der Waals surface area (Å²) < 4.78 is 0. The summed E-state index contributed by atoms with van der Waals surface area (Å²) in [6.45, 7) is 27.6. The molecule has 2 N–H and O–H groups in total. The molecule has 2 aliphatic heterocycles. The van der Waals surface area contributed by atoms with Crippen LogP contribution in [0.25, 0.3) is 0 Å². The monoisotopic (exact) mass is 535 g/mol. The van der Waals surface area contributed by atoms with Crippen LogP contribution in [0.1, 0.15) is 108 Å². The fraction of sp³-hybridized carbons (Fsp3) is 0.897. The lowest BCUT2D eigenvalue weighted by atomic mass is 9.75. The second-order valence-corrected chi connectivity index (χ2v) is 14.7. The lowest BCUT2D eigenvalue weighted by Gasteiger charge is -2.62. The van der Waals surface area contributed by atoms with Crippen LogP contribution in [0.3, 0.4) is 0 Å². The third-order valence-corrected chi connectivity index (χ3v) is 9.53. The van der Waals surface area contributed by atoms with Gasteiger partial charge >= 0.3 is 0 Å². The number of piperidine rings is 2. The minimum atomic E-state index is -0.150. The molecular formula is C29H54ClN7. The number of nitrogens with one attached hydrogen (secondary N) is 2. The third kappa shape index (κ3) is 7.34. The first-order valence-electron chi connectivity index (χ1n) is 14.4. The lowest BCUT2D eigenvalue weighted by molar-refractivity contribution is -0.0869. The van der Waals surface area contributed by atoms with Gasteiger partial charge in [0.15, 0.2) is 0 Å². The van der Waals surface area contributed by atoms with Crippen molar-refractivity contribution in [2.24, 2.45) is 10.8 Å². The summed E-state index contributed by atoms with van der Waals surface area (Å²) in [4.78, 5) is 18.1. The largest absolute Gasteiger partial charge is 0.335 e. The molecule has 0 saturated carbocycles. The Bertz CT molecular complexity index is 900. The molecule has 3 heterocycles. The fourth-order valence-corrected chi connectivity index (χ4v) is 6.31. The number of hydrogen-bond acceptors (Lipinski definition) is 7. The third-order valence-electron chi connectivity index (χ3n) is 9.35. The first kappa shape index (κ1) is 30.5. The number of hydrogen-bond donors (Lipinski definition) is 2. The van der Waals surface area contributed by atoms with Gasteiger partial charge in [-0.2, -0.15) is 4.98 Å². The molecule has 212 valence electrons. The van der Waals surface area contributed by atoms with Crippen molar-refractivity contribution in [2.45, 2.75) is 131 Å². The second kappa shape index (κ2) is 11.2. The summed E-state index contributed by atoms with van der Waals surface area (Å²) in [6, 6.07) is 0.557. The van der Waals surface area contributed by atoms with E-state index in [4.69, 9.17) is 11.6 Å². The van der Waals surface area contributed by atoms with Crippen LogP contribution in [0.2, 0.25) is 5.28 Å². The molecule has 2 unspecified atom stereocenters. The molecule has 1 aromatic rings. The van der Waals surface area contributed by atoms with E-state index in [-0.39, 0.29) is 27.4 Å². The van der Waals surface area contributed by atoms with Gasteiger partial charge in [-0.25, -0.2) is 9.97 Å². The van der Waals surface area contributed by atoms with Crippen LogP contribution in [0.5, 0.6) is 0 Å². The predicted octanol–water partition coefficient (Wildman–Crippen LogP) is 5.89. The maximum Gasteiger partial charge on any atom is 0.230 e. The summed E-state index contributed by atoms with van der Waals surface area (Å²) in [5, 5.41) is 8.35. The van der Waals surface area contributed by atoms with E-state index >= 15 is 0 Å². The van der Waals surface area contributed by atoms with Gasteiger partial charge in [0.25, 0.3) is 0 Å². The highest BCUT2D eigenvalue weighted by Crippen LogP contribution is 2.44. The minimum absolute atomic E-state index is 0.0738. The van der Waals surface area contributed by atoms with Crippen molar-refractivity contribution in [1.82, 2.24) is 30.5 Å². The molecule has 37 heavy (non-hydrogen) atoms. The maximum absolute atomic E-state index is 6.15. The quantitative estimate of drug-likeness (QED) is 0.387. The highest BCUT2D eigenvalue weighted by atomic mass is 35.5. The van der Waals surface area contributed by atoms with E-state index in [0.717, 1.165) is 51.9 Å². The van der Waals surface area contributed by atoms with Crippen LogP contribution in [0.15, 0.2) is 6.33 Å².